The number of piperidine rings is 1. The van der Waals surface area contributed by atoms with E-state index in [0.29, 0.717) is 17.4 Å². The summed E-state index contributed by atoms with van der Waals surface area (Å²) in [6.07, 6.45) is 3.53. The van der Waals surface area contributed by atoms with Crippen molar-refractivity contribution in [1.82, 2.24) is 20.2 Å². The van der Waals surface area contributed by atoms with E-state index >= 15 is 0 Å². The smallest absolute Gasteiger partial charge is 0.243 e. The van der Waals surface area contributed by atoms with Crippen LogP contribution in [0.2, 0.25) is 0 Å². The van der Waals surface area contributed by atoms with Gasteiger partial charge in [0.25, 0.3) is 0 Å². The van der Waals surface area contributed by atoms with E-state index in [4.69, 9.17) is 0 Å². The maximum absolute atomic E-state index is 11.4. The molecule has 0 unspecified atom stereocenters. The molecule has 3 rings (SSSR count). The van der Waals surface area contributed by atoms with Gasteiger partial charge in [0.05, 0.1) is 0 Å². The van der Waals surface area contributed by atoms with Crippen molar-refractivity contribution < 1.29 is 8.42 Å². The van der Waals surface area contributed by atoms with Crippen LogP contribution in [0.15, 0.2) is 10.5 Å². The maximum Gasteiger partial charge on any atom is 0.243 e. The highest BCUT2D eigenvalue weighted by molar-refractivity contribution is 7.90. The molecule has 0 spiro atoms. The van der Waals surface area contributed by atoms with E-state index in [2.05, 4.69) is 32.0 Å². The van der Waals surface area contributed by atoms with Crippen LogP contribution in [0.1, 0.15) is 19.8 Å². The highest BCUT2D eigenvalue weighted by Gasteiger charge is 2.21. The number of hydrogen-bond donors (Lipinski definition) is 1. The zero-order chi connectivity index (χ0) is 15.0. The van der Waals surface area contributed by atoms with Crippen LogP contribution in [0.4, 0.5) is 5.13 Å². The normalized spacial score (nSPS) is 19.9. The number of aromatic amines is 1. The van der Waals surface area contributed by atoms with Crippen LogP contribution < -0.4 is 4.90 Å². The van der Waals surface area contributed by atoms with E-state index in [1.165, 1.54) is 12.8 Å². The van der Waals surface area contributed by atoms with Gasteiger partial charge in [-0.2, -0.15) is 10.1 Å². The van der Waals surface area contributed by atoms with Crippen LogP contribution in [-0.4, -0.2) is 47.9 Å². The molecule has 0 amide bonds. The molecule has 3 heterocycles. The Morgan fingerprint density at radius 3 is 2.90 bits per heavy atom. The van der Waals surface area contributed by atoms with Gasteiger partial charge in [0, 0.05) is 24.7 Å². The Labute approximate surface area is 127 Å². The van der Waals surface area contributed by atoms with Crippen molar-refractivity contribution in [2.45, 2.75) is 24.9 Å². The number of anilines is 1. The number of rotatable bonds is 3. The molecule has 1 aliphatic heterocycles. The first-order valence-electron chi connectivity index (χ1n) is 6.77. The lowest BCUT2D eigenvalue weighted by molar-refractivity contribution is 0.446. The first-order chi connectivity index (χ1) is 9.93. The molecule has 114 valence electrons. The van der Waals surface area contributed by atoms with E-state index in [0.717, 1.165) is 24.5 Å². The van der Waals surface area contributed by atoms with Gasteiger partial charge in [0.2, 0.25) is 20.8 Å². The number of nitrogens with zero attached hydrogens (tertiary/aromatic N) is 4. The van der Waals surface area contributed by atoms with E-state index in [-0.39, 0.29) is 5.16 Å². The molecule has 0 aliphatic carbocycles. The molecule has 2 aromatic rings. The third-order valence-corrected chi connectivity index (χ3v) is 5.25. The predicted octanol–water partition coefficient (Wildman–Crippen LogP) is 1.57. The van der Waals surface area contributed by atoms with Crippen molar-refractivity contribution in [2.24, 2.45) is 5.92 Å². The van der Waals surface area contributed by atoms with Crippen LogP contribution in [0.3, 0.4) is 0 Å². The Morgan fingerprint density at radius 2 is 2.24 bits per heavy atom. The molecule has 1 atom stereocenters. The summed E-state index contributed by atoms with van der Waals surface area (Å²) in [5, 5.41) is 9.06. The van der Waals surface area contributed by atoms with E-state index < -0.39 is 9.84 Å². The van der Waals surface area contributed by atoms with Crippen molar-refractivity contribution in [3.63, 3.8) is 0 Å². The fourth-order valence-corrected chi connectivity index (χ4v) is 3.71. The second kappa shape index (κ2) is 5.38. The third kappa shape index (κ3) is 3.08. The number of thiazole rings is 1. The fourth-order valence-electron chi connectivity index (χ4n) is 2.40. The van der Waals surface area contributed by atoms with Gasteiger partial charge in [-0.05, 0) is 18.8 Å². The monoisotopic (exact) mass is 327 g/mol. The number of hydrogen-bond acceptors (Lipinski definition) is 7. The SMILES string of the molecule is C[C@H]1CCCN(c2nc(-c3n[nH]c(S(C)(=O)=O)n3)cs2)C1. The van der Waals surface area contributed by atoms with Crippen LogP contribution in [0.5, 0.6) is 0 Å². The second-order valence-electron chi connectivity index (χ2n) is 5.45. The van der Waals surface area contributed by atoms with Crippen LogP contribution in [0.25, 0.3) is 11.5 Å². The lowest BCUT2D eigenvalue weighted by Gasteiger charge is -2.30. The lowest BCUT2D eigenvalue weighted by atomic mass is 10.0. The molecule has 0 aromatic carbocycles. The van der Waals surface area contributed by atoms with Gasteiger partial charge in [-0.1, -0.05) is 6.92 Å². The summed E-state index contributed by atoms with van der Waals surface area (Å²) in [6.45, 7) is 4.27. The highest BCUT2D eigenvalue weighted by Crippen LogP contribution is 2.29. The maximum atomic E-state index is 11.4. The van der Waals surface area contributed by atoms with Gasteiger partial charge >= 0.3 is 0 Å². The molecule has 1 N–H and O–H groups in total. The number of sulfone groups is 1. The Bertz CT molecular complexity index is 736. The minimum absolute atomic E-state index is 0.126. The summed E-state index contributed by atoms with van der Waals surface area (Å²) < 4.78 is 22.8. The minimum Gasteiger partial charge on any atom is -0.348 e. The summed E-state index contributed by atoms with van der Waals surface area (Å²) in [5.41, 5.74) is 0.611. The Morgan fingerprint density at radius 1 is 1.43 bits per heavy atom. The van der Waals surface area contributed by atoms with Gasteiger partial charge in [0.1, 0.15) is 5.69 Å². The van der Waals surface area contributed by atoms with Crippen LogP contribution in [-0.2, 0) is 9.84 Å². The first-order valence-corrected chi connectivity index (χ1v) is 9.54. The van der Waals surface area contributed by atoms with Gasteiger partial charge in [-0.3, -0.25) is 0 Å². The predicted molar refractivity (Wildman–Crippen MR) is 81.2 cm³/mol. The number of H-pyrrole nitrogens is 1. The molecule has 1 saturated heterocycles. The standard InChI is InChI=1S/C12H17N5O2S2/c1-8-4-3-5-17(6-8)12-13-9(7-20-12)10-14-11(16-15-10)21(2,18)19/h7-8H,3-6H2,1-2H3,(H,14,15,16)/t8-/m0/s1. The molecule has 7 nitrogen and oxygen atoms in total. The largest absolute Gasteiger partial charge is 0.348 e. The second-order valence-corrected chi connectivity index (χ2v) is 8.21. The van der Waals surface area contributed by atoms with E-state index in [1.807, 2.05) is 5.38 Å². The topological polar surface area (TPSA) is 91.8 Å². The highest BCUT2D eigenvalue weighted by atomic mass is 32.2. The summed E-state index contributed by atoms with van der Waals surface area (Å²) in [4.78, 5) is 10.8. The number of aromatic nitrogens is 4. The first kappa shape index (κ1) is 14.5. The van der Waals surface area contributed by atoms with Crippen molar-refractivity contribution in [1.29, 1.82) is 0 Å². The Balaban J connectivity index is 1.83. The number of nitrogens with one attached hydrogen (secondary N) is 1. The Kier molecular flexibility index (Phi) is 3.70. The van der Waals surface area contributed by atoms with Crippen LogP contribution >= 0.6 is 11.3 Å². The summed E-state index contributed by atoms with van der Waals surface area (Å²) in [5.74, 6) is 0.995. The summed E-state index contributed by atoms with van der Waals surface area (Å²) in [7, 11) is -3.37. The zero-order valence-corrected chi connectivity index (χ0v) is 13.5. The van der Waals surface area contributed by atoms with Crippen LogP contribution in [0, 0.1) is 5.92 Å². The zero-order valence-electron chi connectivity index (χ0n) is 11.9. The Hall–Kier alpha value is -1.48. The molecular formula is C12H17N5O2S2. The van der Waals surface area contributed by atoms with Crippen molar-refractivity contribution in [2.75, 3.05) is 24.2 Å². The van der Waals surface area contributed by atoms with Gasteiger partial charge in [-0.15, -0.1) is 11.3 Å². The fraction of sp³-hybridized carbons (Fsp3) is 0.583. The summed E-state index contributed by atoms with van der Waals surface area (Å²) >= 11 is 1.54. The van der Waals surface area contributed by atoms with Crippen molar-refractivity contribution in [3.05, 3.63) is 5.38 Å². The molecule has 0 bridgehead atoms. The van der Waals surface area contributed by atoms with E-state index in [9.17, 15) is 8.42 Å². The molecule has 21 heavy (non-hydrogen) atoms. The molecule has 1 fully saturated rings. The van der Waals surface area contributed by atoms with E-state index in [1.54, 1.807) is 11.3 Å². The molecular weight excluding hydrogens is 310 g/mol. The minimum atomic E-state index is -3.37. The van der Waals surface area contributed by atoms with Gasteiger partial charge < -0.3 is 4.90 Å². The van der Waals surface area contributed by atoms with Crippen molar-refractivity contribution >= 4 is 26.3 Å². The average Bonchev–Trinajstić information content (AvgIpc) is 3.07. The quantitative estimate of drug-likeness (QED) is 0.920. The average molecular weight is 327 g/mol. The van der Waals surface area contributed by atoms with Gasteiger partial charge in [0.15, 0.2) is 5.13 Å². The third-order valence-electron chi connectivity index (χ3n) is 3.46. The van der Waals surface area contributed by atoms with Gasteiger partial charge in [-0.25, -0.2) is 18.5 Å². The molecule has 2 aromatic heterocycles. The molecule has 0 radical (unpaired) electrons. The molecule has 0 saturated carbocycles. The molecule has 9 heteroatoms. The summed E-state index contributed by atoms with van der Waals surface area (Å²) in [6, 6.07) is 0. The lowest BCUT2D eigenvalue weighted by Crippen LogP contribution is -2.34. The molecule has 1 aliphatic rings. The van der Waals surface area contributed by atoms with Crippen molar-refractivity contribution in [3.8, 4) is 11.5 Å².